The highest BCUT2D eigenvalue weighted by Crippen LogP contribution is 2.13. The Bertz CT molecular complexity index is 426. The molecule has 0 radical (unpaired) electrons. The zero-order valence-electron chi connectivity index (χ0n) is 9.54. The Morgan fingerprint density at radius 2 is 1.88 bits per heavy atom. The molecular weight excluding hydrogens is 230 g/mol. The fourth-order valence-electron chi connectivity index (χ4n) is 1.25. The third-order valence-electron chi connectivity index (χ3n) is 2.13. The maximum Gasteiger partial charge on any atom is 0.262 e. The summed E-state index contributed by atoms with van der Waals surface area (Å²) in [5.74, 6) is 0.290. The quantitative estimate of drug-likeness (QED) is 0.756. The van der Waals surface area contributed by atoms with Crippen molar-refractivity contribution in [2.24, 2.45) is 0 Å². The van der Waals surface area contributed by atoms with Gasteiger partial charge in [-0.3, -0.25) is 0 Å². The predicted octanol–water partition coefficient (Wildman–Crippen LogP) is 0.516. The first-order valence-electron chi connectivity index (χ1n) is 4.94. The summed E-state index contributed by atoms with van der Waals surface area (Å²) in [6.07, 6.45) is 0. The van der Waals surface area contributed by atoms with Crippen molar-refractivity contribution in [3.8, 4) is 5.88 Å². The third-order valence-corrected chi connectivity index (χ3v) is 4.08. The van der Waals surface area contributed by atoms with Crippen LogP contribution in [0, 0.1) is 0 Å². The Morgan fingerprint density at radius 1 is 1.25 bits per heavy atom. The molecule has 0 saturated carbocycles. The number of ether oxygens (including phenoxy) is 1. The minimum absolute atomic E-state index is 0.0583. The molecule has 0 bridgehead atoms. The molecule has 16 heavy (non-hydrogen) atoms. The average molecular weight is 245 g/mol. The van der Waals surface area contributed by atoms with Gasteiger partial charge in [0.2, 0.25) is 5.88 Å². The summed E-state index contributed by atoms with van der Waals surface area (Å²) >= 11 is 0. The molecule has 0 fully saturated rings. The molecule has 0 spiro atoms. The van der Waals surface area contributed by atoms with Crippen LogP contribution in [0.4, 0.5) is 0 Å². The molecule has 0 aliphatic heterocycles. The number of hydrogen-bond acceptors (Lipinski definition) is 5. The molecule has 7 heteroatoms. The van der Waals surface area contributed by atoms with Gasteiger partial charge in [-0.25, -0.2) is 8.42 Å². The highest BCUT2D eigenvalue weighted by Gasteiger charge is 2.23. The highest BCUT2D eigenvalue weighted by molar-refractivity contribution is 7.89. The summed E-state index contributed by atoms with van der Waals surface area (Å²) in [4.78, 5) is 0. The van der Waals surface area contributed by atoms with E-state index in [4.69, 9.17) is 4.74 Å². The lowest BCUT2D eigenvalue weighted by Gasteiger charge is -2.17. The van der Waals surface area contributed by atoms with Crippen molar-refractivity contribution in [1.29, 1.82) is 0 Å². The second-order valence-corrected chi connectivity index (χ2v) is 4.89. The molecular formula is C9H15N3O3S. The number of sulfonamides is 1. The van der Waals surface area contributed by atoms with Gasteiger partial charge in [-0.2, -0.15) is 4.31 Å². The van der Waals surface area contributed by atoms with Crippen LogP contribution in [-0.2, 0) is 10.0 Å². The number of nitrogens with zero attached hydrogens (tertiary/aromatic N) is 3. The molecule has 0 N–H and O–H groups in total. The molecule has 1 heterocycles. The largest absolute Gasteiger partial charge is 0.480 e. The second kappa shape index (κ2) is 5.22. The first-order valence-corrected chi connectivity index (χ1v) is 6.38. The second-order valence-electron chi connectivity index (χ2n) is 3.00. The van der Waals surface area contributed by atoms with Crippen LogP contribution in [0.15, 0.2) is 17.2 Å². The highest BCUT2D eigenvalue weighted by atomic mass is 32.2. The normalized spacial score (nSPS) is 11.8. The van der Waals surface area contributed by atoms with Gasteiger partial charge >= 0.3 is 0 Å². The van der Waals surface area contributed by atoms with Crippen molar-refractivity contribution < 1.29 is 13.2 Å². The molecule has 0 aromatic carbocycles. The Hall–Kier alpha value is -1.21. The zero-order valence-corrected chi connectivity index (χ0v) is 10.4. The maximum atomic E-state index is 12.0. The number of hydrogen-bond donors (Lipinski definition) is 0. The van der Waals surface area contributed by atoms with E-state index < -0.39 is 10.0 Å². The van der Waals surface area contributed by atoms with Gasteiger partial charge < -0.3 is 4.74 Å². The Kier molecular flexibility index (Phi) is 4.19. The maximum absolute atomic E-state index is 12.0. The fourth-order valence-corrected chi connectivity index (χ4v) is 2.58. The molecule has 0 saturated heterocycles. The number of aromatic nitrogens is 2. The fraction of sp³-hybridized carbons (Fsp3) is 0.556. The van der Waals surface area contributed by atoms with Gasteiger partial charge in [-0.05, 0) is 6.07 Å². The average Bonchev–Trinajstić information content (AvgIpc) is 2.30. The molecule has 1 rings (SSSR count). The van der Waals surface area contributed by atoms with Gasteiger partial charge in [0.15, 0.2) is 5.03 Å². The van der Waals surface area contributed by atoms with E-state index in [2.05, 4.69) is 10.2 Å². The molecule has 1 aromatic heterocycles. The lowest BCUT2D eigenvalue weighted by Crippen LogP contribution is -2.31. The van der Waals surface area contributed by atoms with Crippen molar-refractivity contribution in [3.63, 3.8) is 0 Å². The first-order chi connectivity index (χ1) is 7.56. The molecule has 1 aromatic rings. The Balaban J connectivity index is 3.07. The molecule has 0 aliphatic rings. The summed E-state index contributed by atoms with van der Waals surface area (Å²) in [7, 11) is -2.08. The summed E-state index contributed by atoms with van der Waals surface area (Å²) < 4.78 is 30.1. The molecule has 0 atom stereocenters. The molecule has 0 unspecified atom stereocenters. The summed E-state index contributed by atoms with van der Waals surface area (Å²) in [6, 6.07) is 2.86. The molecule has 0 aliphatic carbocycles. The Labute approximate surface area is 95.3 Å². The van der Waals surface area contributed by atoms with Crippen LogP contribution >= 0.6 is 0 Å². The number of rotatable bonds is 5. The van der Waals surface area contributed by atoms with E-state index in [-0.39, 0.29) is 5.03 Å². The topological polar surface area (TPSA) is 72.4 Å². The molecule has 6 nitrogen and oxygen atoms in total. The van der Waals surface area contributed by atoms with Crippen molar-refractivity contribution in [2.75, 3.05) is 20.2 Å². The van der Waals surface area contributed by atoms with E-state index in [1.807, 2.05) is 0 Å². The van der Waals surface area contributed by atoms with E-state index in [0.29, 0.717) is 19.0 Å². The summed E-state index contributed by atoms with van der Waals surface area (Å²) in [6.45, 7) is 4.37. The summed E-state index contributed by atoms with van der Waals surface area (Å²) in [5, 5.41) is 7.21. The van der Waals surface area contributed by atoms with Crippen LogP contribution in [0.1, 0.15) is 13.8 Å². The van der Waals surface area contributed by atoms with Gasteiger partial charge in [-0.15, -0.1) is 10.2 Å². The molecule has 0 amide bonds. The number of methoxy groups -OCH3 is 1. The van der Waals surface area contributed by atoms with Crippen LogP contribution in [0.2, 0.25) is 0 Å². The summed E-state index contributed by atoms with van der Waals surface area (Å²) in [5.41, 5.74) is 0. The van der Waals surface area contributed by atoms with Crippen LogP contribution in [0.25, 0.3) is 0 Å². The van der Waals surface area contributed by atoms with Gasteiger partial charge in [0.25, 0.3) is 10.0 Å². The monoisotopic (exact) mass is 245 g/mol. The van der Waals surface area contributed by atoms with Gasteiger partial charge in [0.05, 0.1) is 7.11 Å². The molecule has 90 valence electrons. The first kappa shape index (κ1) is 12.9. The van der Waals surface area contributed by atoms with Crippen molar-refractivity contribution >= 4 is 10.0 Å². The van der Waals surface area contributed by atoms with Crippen LogP contribution in [-0.4, -0.2) is 43.1 Å². The zero-order chi connectivity index (χ0) is 12.2. The lowest BCUT2D eigenvalue weighted by molar-refractivity contribution is 0.388. The minimum atomic E-state index is -3.52. The van der Waals surface area contributed by atoms with Crippen molar-refractivity contribution in [3.05, 3.63) is 12.1 Å². The predicted molar refractivity (Wildman–Crippen MR) is 58.7 cm³/mol. The van der Waals surface area contributed by atoms with Crippen LogP contribution in [0.5, 0.6) is 5.88 Å². The van der Waals surface area contributed by atoms with Crippen LogP contribution in [0.3, 0.4) is 0 Å². The van der Waals surface area contributed by atoms with E-state index in [1.54, 1.807) is 13.8 Å². The van der Waals surface area contributed by atoms with Gasteiger partial charge in [0.1, 0.15) is 0 Å². The van der Waals surface area contributed by atoms with E-state index >= 15 is 0 Å². The van der Waals surface area contributed by atoms with Crippen molar-refractivity contribution in [1.82, 2.24) is 14.5 Å². The standard InChI is InChI=1S/C9H15N3O3S/c1-4-12(5-2)16(13,14)9-7-6-8(15-3)10-11-9/h6-7H,4-5H2,1-3H3. The van der Waals surface area contributed by atoms with E-state index in [1.165, 1.54) is 23.5 Å². The van der Waals surface area contributed by atoms with E-state index in [0.717, 1.165) is 0 Å². The SMILES string of the molecule is CCN(CC)S(=O)(=O)c1ccc(OC)nn1. The lowest BCUT2D eigenvalue weighted by atomic mass is 10.6. The minimum Gasteiger partial charge on any atom is -0.480 e. The van der Waals surface area contributed by atoms with E-state index in [9.17, 15) is 8.42 Å². The van der Waals surface area contributed by atoms with Crippen LogP contribution < -0.4 is 4.74 Å². The van der Waals surface area contributed by atoms with Gasteiger partial charge in [0, 0.05) is 19.2 Å². The third kappa shape index (κ3) is 2.48. The smallest absolute Gasteiger partial charge is 0.262 e. The van der Waals surface area contributed by atoms with Gasteiger partial charge in [-0.1, -0.05) is 13.8 Å². The Morgan fingerprint density at radius 3 is 2.25 bits per heavy atom. The van der Waals surface area contributed by atoms with Crippen molar-refractivity contribution in [2.45, 2.75) is 18.9 Å².